The van der Waals surface area contributed by atoms with Crippen LogP contribution in [-0.2, 0) is 11.3 Å². The Morgan fingerprint density at radius 1 is 1.43 bits per heavy atom. The van der Waals surface area contributed by atoms with Crippen LogP contribution in [0.15, 0.2) is 18.2 Å². The zero-order chi connectivity index (χ0) is 15.6. The van der Waals surface area contributed by atoms with Gasteiger partial charge in [0.25, 0.3) is 5.91 Å². The molecule has 0 spiro atoms. The molecule has 1 heterocycles. The molecule has 21 heavy (non-hydrogen) atoms. The molecular weight excluding hydrogens is 281 g/mol. The highest BCUT2D eigenvalue weighted by Crippen LogP contribution is 2.23. The first-order valence-corrected chi connectivity index (χ1v) is 6.49. The summed E-state index contributed by atoms with van der Waals surface area (Å²) < 4.78 is 14.0. The minimum Gasteiger partial charge on any atom is -0.326 e. The molecule has 1 fully saturated rings. The molecule has 8 heteroatoms. The number of benzene rings is 1. The quantitative estimate of drug-likeness (QED) is 0.510. The van der Waals surface area contributed by atoms with Gasteiger partial charge in [0.15, 0.2) is 0 Å². The standard InChI is InChI=1S/C13H14FN3O4/c1-2-4-9-12(18)16(13(19)15-9)7-8-5-3-6-10(11(8)14)17(20)21/h3,5-6,9H,2,4,7H2,1H3,(H,15,19). The zero-order valence-corrected chi connectivity index (χ0v) is 11.3. The second-order valence-corrected chi connectivity index (χ2v) is 4.72. The monoisotopic (exact) mass is 295 g/mol. The maximum Gasteiger partial charge on any atom is 0.325 e. The lowest BCUT2D eigenvalue weighted by Crippen LogP contribution is -2.31. The van der Waals surface area contributed by atoms with Gasteiger partial charge in [-0.25, -0.2) is 4.79 Å². The highest BCUT2D eigenvalue weighted by atomic mass is 19.1. The number of amides is 3. The molecule has 0 aliphatic carbocycles. The van der Waals surface area contributed by atoms with Gasteiger partial charge in [-0.05, 0) is 6.42 Å². The number of nitro groups is 1. The molecule has 7 nitrogen and oxygen atoms in total. The van der Waals surface area contributed by atoms with Crippen molar-refractivity contribution in [3.63, 3.8) is 0 Å². The summed E-state index contributed by atoms with van der Waals surface area (Å²) in [6.45, 7) is 1.56. The lowest BCUT2D eigenvalue weighted by Gasteiger charge is -2.13. The van der Waals surface area contributed by atoms with Gasteiger partial charge in [-0.2, -0.15) is 4.39 Å². The van der Waals surface area contributed by atoms with Crippen LogP contribution in [0.25, 0.3) is 0 Å². The fourth-order valence-electron chi connectivity index (χ4n) is 2.21. The topological polar surface area (TPSA) is 92.6 Å². The molecule has 1 aromatic rings. The Balaban J connectivity index is 2.23. The molecule has 0 aromatic heterocycles. The number of rotatable bonds is 5. The van der Waals surface area contributed by atoms with Gasteiger partial charge in [0.1, 0.15) is 6.04 Å². The van der Waals surface area contributed by atoms with Crippen LogP contribution in [0.2, 0.25) is 0 Å². The highest BCUT2D eigenvalue weighted by molar-refractivity contribution is 6.04. The third kappa shape index (κ3) is 2.83. The molecule has 1 aliphatic rings. The van der Waals surface area contributed by atoms with Crippen molar-refractivity contribution >= 4 is 17.6 Å². The number of nitrogens with zero attached hydrogens (tertiary/aromatic N) is 2. The summed E-state index contributed by atoms with van der Waals surface area (Å²) >= 11 is 0. The third-order valence-electron chi connectivity index (χ3n) is 3.27. The Bertz CT molecular complexity index is 605. The summed E-state index contributed by atoms with van der Waals surface area (Å²) in [5, 5.41) is 13.2. The second kappa shape index (κ2) is 5.86. The van der Waals surface area contributed by atoms with E-state index in [0.29, 0.717) is 6.42 Å². The summed E-state index contributed by atoms with van der Waals surface area (Å²) in [6, 6.07) is 2.45. The summed E-state index contributed by atoms with van der Waals surface area (Å²) in [5.74, 6) is -1.46. The van der Waals surface area contributed by atoms with Gasteiger partial charge in [-0.3, -0.25) is 19.8 Å². The SMILES string of the molecule is CCCC1NC(=O)N(Cc2cccc([N+](=O)[O-])c2F)C1=O. The van der Waals surface area contributed by atoms with Crippen LogP contribution >= 0.6 is 0 Å². The van der Waals surface area contributed by atoms with Crippen molar-refractivity contribution in [3.05, 3.63) is 39.7 Å². The largest absolute Gasteiger partial charge is 0.326 e. The van der Waals surface area contributed by atoms with Crippen LogP contribution in [0.4, 0.5) is 14.9 Å². The lowest BCUT2D eigenvalue weighted by atomic mass is 10.1. The first kappa shape index (κ1) is 14.9. The molecule has 1 aliphatic heterocycles. The Kier molecular flexibility index (Phi) is 4.15. The summed E-state index contributed by atoms with van der Waals surface area (Å²) in [4.78, 5) is 34.5. The van der Waals surface area contributed by atoms with E-state index in [1.54, 1.807) is 0 Å². The molecule has 0 bridgehead atoms. The zero-order valence-electron chi connectivity index (χ0n) is 11.3. The molecule has 0 radical (unpaired) electrons. The van der Waals surface area contributed by atoms with Gasteiger partial charge < -0.3 is 5.32 Å². The lowest BCUT2D eigenvalue weighted by molar-refractivity contribution is -0.387. The normalized spacial score (nSPS) is 18.0. The Hall–Kier alpha value is -2.51. The number of nitrogens with one attached hydrogen (secondary N) is 1. The number of hydrogen-bond donors (Lipinski definition) is 1. The Morgan fingerprint density at radius 3 is 2.76 bits per heavy atom. The van der Waals surface area contributed by atoms with Gasteiger partial charge in [0.05, 0.1) is 11.5 Å². The first-order chi connectivity index (χ1) is 9.95. The van der Waals surface area contributed by atoms with Gasteiger partial charge in [0.2, 0.25) is 5.82 Å². The van der Waals surface area contributed by atoms with Gasteiger partial charge in [0, 0.05) is 11.6 Å². The number of nitro benzene ring substituents is 1. The molecule has 112 valence electrons. The van der Waals surface area contributed by atoms with Gasteiger partial charge in [-0.1, -0.05) is 25.5 Å². The number of carbonyl (C=O) groups is 2. The summed E-state index contributed by atoms with van der Waals surface area (Å²) in [5.41, 5.74) is -0.741. The Labute approximate surface area is 119 Å². The van der Waals surface area contributed by atoms with Crippen molar-refractivity contribution in [1.82, 2.24) is 10.2 Å². The van der Waals surface area contributed by atoms with Crippen molar-refractivity contribution in [2.75, 3.05) is 0 Å². The second-order valence-electron chi connectivity index (χ2n) is 4.72. The number of hydrogen-bond acceptors (Lipinski definition) is 4. The molecule has 1 unspecified atom stereocenters. The van der Waals surface area contributed by atoms with E-state index in [9.17, 15) is 24.1 Å². The highest BCUT2D eigenvalue weighted by Gasteiger charge is 2.37. The van der Waals surface area contributed by atoms with Crippen LogP contribution in [0, 0.1) is 15.9 Å². The fraction of sp³-hybridized carbons (Fsp3) is 0.385. The number of urea groups is 1. The van der Waals surface area contributed by atoms with Crippen molar-refractivity contribution < 1.29 is 18.9 Å². The maximum atomic E-state index is 14.0. The van der Waals surface area contributed by atoms with Crippen molar-refractivity contribution in [3.8, 4) is 0 Å². The van der Waals surface area contributed by atoms with Crippen molar-refractivity contribution in [1.29, 1.82) is 0 Å². The van der Waals surface area contributed by atoms with E-state index in [4.69, 9.17) is 0 Å². The number of halogens is 1. The minimum atomic E-state index is -1.03. The number of imide groups is 1. The van der Waals surface area contributed by atoms with Crippen molar-refractivity contribution in [2.45, 2.75) is 32.4 Å². The van der Waals surface area contributed by atoms with Crippen molar-refractivity contribution in [2.24, 2.45) is 0 Å². The number of carbonyl (C=O) groups excluding carboxylic acids is 2. The van der Waals surface area contributed by atoms with E-state index in [1.165, 1.54) is 12.1 Å². The van der Waals surface area contributed by atoms with Crippen LogP contribution in [0.5, 0.6) is 0 Å². The van der Waals surface area contributed by atoms with E-state index in [-0.39, 0.29) is 12.1 Å². The molecule has 1 N–H and O–H groups in total. The molecule has 1 saturated heterocycles. The Morgan fingerprint density at radius 2 is 2.14 bits per heavy atom. The van der Waals surface area contributed by atoms with Crippen LogP contribution in [0.1, 0.15) is 25.3 Å². The third-order valence-corrected chi connectivity index (χ3v) is 3.27. The molecular formula is C13H14FN3O4. The van der Waals surface area contributed by atoms with Crippen LogP contribution < -0.4 is 5.32 Å². The maximum absolute atomic E-state index is 14.0. The van der Waals surface area contributed by atoms with Crippen LogP contribution in [0.3, 0.4) is 0 Å². The predicted octanol–water partition coefficient (Wildman–Crippen LogP) is 1.95. The molecule has 2 rings (SSSR count). The fourth-order valence-corrected chi connectivity index (χ4v) is 2.21. The predicted molar refractivity (Wildman–Crippen MR) is 70.8 cm³/mol. The van der Waals surface area contributed by atoms with Crippen LogP contribution in [-0.4, -0.2) is 27.8 Å². The molecule has 1 atom stereocenters. The van der Waals surface area contributed by atoms with E-state index in [1.807, 2.05) is 6.92 Å². The van der Waals surface area contributed by atoms with E-state index in [2.05, 4.69) is 5.32 Å². The smallest absolute Gasteiger partial charge is 0.325 e. The van der Waals surface area contributed by atoms with Gasteiger partial charge in [-0.15, -0.1) is 0 Å². The molecule has 1 aromatic carbocycles. The van der Waals surface area contributed by atoms with E-state index in [0.717, 1.165) is 17.4 Å². The first-order valence-electron chi connectivity index (χ1n) is 6.49. The molecule has 3 amide bonds. The van der Waals surface area contributed by atoms with E-state index < -0.39 is 34.4 Å². The average molecular weight is 295 g/mol. The summed E-state index contributed by atoms with van der Waals surface area (Å²) in [6.07, 6.45) is 1.22. The summed E-state index contributed by atoms with van der Waals surface area (Å²) in [7, 11) is 0. The van der Waals surface area contributed by atoms with E-state index >= 15 is 0 Å². The average Bonchev–Trinajstić information content (AvgIpc) is 2.69. The minimum absolute atomic E-state index is 0.0650. The van der Waals surface area contributed by atoms with Gasteiger partial charge >= 0.3 is 11.7 Å². The molecule has 0 saturated carbocycles.